The number of hydrogen-bond acceptors (Lipinski definition) is 1. The summed E-state index contributed by atoms with van der Waals surface area (Å²) >= 11 is 0. The van der Waals surface area contributed by atoms with Gasteiger partial charge in [0.2, 0.25) is 0 Å². The molecule has 15 heavy (non-hydrogen) atoms. The van der Waals surface area contributed by atoms with Gasteiger partial charge in [-0.15, -0.1) is 0 Å². The van der Waals surface area contributed by atoms with E-state index in [0.717, 1.165) is 24.8 Å². The highest BCUT2D eigenvalue weighted by molar-refractivity contribution is 6.06. The molecule has 0 aliphatic carbocycles. The quantitative estimate of drug-likeness (QED) is 0.361. The van der Waals surface area contributed by atoms with Crippen LogP contribution in [0.25, 0.3) is 0 Å². The molecular formula is C14H22O. The minimum absolute atomic E-state index is 0.0808. The summed E-state index contributed by atoms with van der Waals surface area (Å²) in [5.41, 5.74) is 2.79. The average Bonchev–Trinajstić information content (AvgIpc) is 2.15. The lowest BCUT2D eigenvalue weighted by molar-refractivity contribution is -0.112. The minimum atomic E-state index is 0.0808. The van der Waals surface area contributed by atoms with Gasteiger partial charge in [0.25, 0.3) is 0 Å². The highest BCUT2D eigenvalue weighted by Gasteiger charge is 2.03. The third-order valence-corrected chi connectivity index (χ3v) is 2.16. The Morgan fingerprint density at radius 1 is 1.07 bits per heavy atom. The summed E-state index contributed by atoms with van der Waals surface area (Å²) in [5.74, 6) is 0.0808. The highest BCUT2D eigenvalue weighted by Crippen LogP contribution is 2.07. The zero-order valence-electron chi connectivity index (χ0n) is 10.4. The molecule has 0 saturated heterocycles. The van der Waals surface area contributed by atoms with Crippen molar-refractivity contribution in [3.8, 4) is 0 Å². The van der Waals surface area contributed by atoms with Gasteiger partial charge >= 0.3 is 0 Å². The van der Waals surface area contributed by atoms with Crippen LogP contribution in [0.4, 0.5) is 0 Å². The summed E-state index contributed by atoms with van der Waals surface area (Å²) < 4.78 is 0. The third kappa shape index (κ3) is 6.89. The zero-order valence-corrected chi connectivity index (χ0v) is 10.4. The van der Waals surface area contributed by atoms with Gasteiger partial charge in [-0.2, -0.15) is 0 Å². The van der Waals surface area contributed by atoms with E-state index in [1.807, 2.05) is 13.0 Å². The molecule has 0 unspecified atom stereocenters. The molecule has 0 rings (SSSR count). The molecule has 0 N–H and O–H groups in total. The van der Waals surface area contributed by atoms with Crippen LogP contribution in [0.3, 0.4) is 0 Å². The van der Waals surface area contributed by atoms with Crippen molar-refractivity contribution in [2.24, 2.45) is 0 Å². The van der Waals surface area contributed by atoms with Gasteiger partial charge in [0.05, 0.1) is 0 Å². The van der Waals surface area contributed by atoms with Crippen LogP contribution in [0.1, 0.15) is 47.0 Å². The Kier molecular flexibility index (Phi) is 6.68. The molecule has 0 heterocycles. The number of hydrogen-bond donors (Lipinski definition) is 0. The number of carbonyl (C=O) groups excluding carboxylic acids is 1. The first-order valence-corrected chi connectivity index (χ1v) is 5.45. The molecule has 0 atom stereocenters. The molecule has 0 aromatic heterocycles. The minimum Gasteiger partial charge on any atom is -0.289 e. The van der Waals surface area contributed by atoms with E-state index >= 15 is 0 Å². The molecule has 0 aliphatic rings. The fourth-order valence-corrected chi connectivity index (χ4v) is 1.26. The zero-order chi connectivity index (χ0) is 11.8. The van der Waals surface area contributed by atoms with Gasteiger partial charge in [0.1, 0.15) is 0 Å². The predicted octanol–water partition coefficient (Wildman–Crippen LogP) is 4.21. The first-order chi connectivity index (χ1) is 6.95. The number of unbranched alkanes of at least 4 members (excludes halogenated alkanes) is 2. The lowest BCUT2D eigenvalue weighted by Crippen LogP contribution is -1.99. The number of rotatable bonds is 6. The van der Waals surface area contributed by atoms with Crippen LogP contribution in [-0.4, -0.2) is 5.78 Å². The topological polar surface area (TPSA) is 17.1 Å². The Labute approximate surface area is 93.6 Å². The van der Waals surface area contributed by atoms with E-state index in [9.17, 15) is 4.79 Å². The largest absolute Gasteiger partial charge is 0.289 e. The summed E-state index contributed by atoms with van der Waals surface area (Å²) in [5, 5.41) is 0. The fourth-order valence-electron chi connectivity index (χ4n) is 1.26. The van der Waals surface area contributed by atoms with Gasteiger partial charge in [-0.05, 0) is 58.1 Å². The summed E-state index contributed by atoms with van der Waals surface area (Å²) in [6.07, 6.45) is 7.40. The fraction of sp³-hybridized carbons (Fsp3) is 0.500. The first kappa shape index (κ1) is 13.9. The van der Waals surface area contributed by atoms with E-state index in [-0.39, 0.29) is 5.78 Å². The lowest BCUT2D eigenvalue weighted by atomic mass is 10.1. The van der Waals surface area contributed by atoms with E-state index in [4.69, 9.17) is 0 Å². The van der Waals surface area contributed by atoms with Crippen LogP contribution < -0.4 is 0 Å². The van der Waals surface area contributed by atoms with Crippen molar-refractivity contribution in [1.82, 2.24) is 0 Å². The summed E-state index contributed by atoms with van der Waals surface area (Å²) in [7, 11) is 0. The summed E-state index contributed by atoms with van der Waals surface area (Å²) in [4.78, 5) is 11.4. The number of allylic oxidation sites excluding steroid dienone is 5. The van der Waals surface area contributed by atoms with Crippen LogP contribution in [0, 0.1) is 0 Å². The number of Topliss-reactive ketones (excluding diaryl/α,β-unsaturated/α-hetero) is 1. The van der Waals surface area contributed by atoms with E-state index < -0.39 is 0 Å². The Hall–Kier alpha value is -1.11. The second-order valence-electron chi connectivity index (χ2n) is 4.21. The van der Waals surface area contributed by atoms with E-state index in [2.05, 4.69) is 26.5 Å². The van der Waals surface area contributed by atoms with Crippen LogP contribution in [-0.2, 0) is 4.79 Å². The Morgan fingerprint density at radius 2 is 1.60 bits per heavy atom. The van der Waals surface area contributed by atoms with Crippen molar-refractivity contribution in [3.05, 3.63) is 35.5 Å². The van der Waals surface area contributed by atoms with Gasteiger partial charge in [0, 0.05) is 0 Å². The number of carbonyl (C=O) groups is 1. The van der Waals surface area contributed by atoms with Crippen LogP contribution >= 0.6 is 0 Å². The molecule has 0 saturated carbocycles. The molecule has 0 amide bonds. The molecule has 1 heteroatoms. The molecule has 0 spiro atoms. The molecule has 0 bridgehead atoms. The Balaban J connectivity index is 3.92. The standard InChI is InChI=1S/C14H22O/c1-11(2)9-7-6-8-10-13(5)14(15)12(3)4/h9-10H,3,6-8H2,1-2,4-5H3/b13-10+. The maximum atomic E-state index is 11.4. The first-order valence-electron chi connectivity index (χ1n) is 5.45. The molecular weight excluding hydrogens is 184 g/mol. The van der Waals surface area contributed by atoms with Crippen molar-refractivity contribution < 1.29 is 4.79 Å². The molecule has 0 radical (unpaired) electrons. The van der Waals surface area contributed by atoms with Crippen molar-refractivity contribution in [2.75, 3.05) is 0 Å². The van der Waals surface area contributed by atoms with Crippen molar-refractivity contribution >= 4 is 5.78 Å². The van der Waals surface area contributed by atoms with E-state index in [1.54, 1.807) is 6.92 Å². The SMILES string of the molecule is C=C(C)C(=O)/C(C)=C/CCCC=C(C)C. The predicted molar refractivity (Wildman–Crippen MR) is 66.9 cm³/mol. The lowest BCUT2D eigenvalue weighted by Gasteiger charge is -1.99. The molecule has 0 fully saturated rings. The molecule has 84 valence electrons. The summed E-state index contributed by atoms with van der Waals surface area (Å²) in [6.45, 7) is 11.5. The van der Waals surface area contributed by atoms with Gasteiger partial charge in [0.15, 0.2) is 5.78 Å². The molecule has 1 nitrogen and oxygen atoms in total. The number of ketones is 1. The van der Waals surface area contributed by atoms with E-state index in [0.29, 0.717) is 5.57 Å². The van der Waals surface area contributed by atoms with Crippen molar-refractivity contribution in [2.45, 2.75) is 47.0 Å². The highest BCUT2D eigenvalue weighted by atomic mass is 16.1. The smallest absolute Gasteiger partial charge is 0.183 e. The Morgan fingerprint density at radius 3 is 2.07 bits per heavy atom. The van der Waals surface area contributed by atoms with Crippen LogP contribution in [0.5, 0.6) is 0 Å². The van der Waals surface area contributed by atoms with Crippen molar-refractivity contribution in [1.29, 1.82) is 0 Å². The Bertz CT molecular complexity index is 288. The van der Waals surface area contributed by atoms with Gasteiger partial charge in [-0.25, -0.2) is 0 Å². The van der Waals surface area contributed by atoms with Gasteiger partial charge in [-0.1, -0.05) is 24.3 Å². The average molecular weight is 206 g/mol. The summed E-state index contributed by atoms with van der Waals surface area (Å²) in [6, 6.07) is 0. The molecule has 0 aromatic carbocycles. The second kappa shape index (κ2) is 7.22. The van der Waals surface area contributed by atoms with Crippen LogP contribution in [0.2, 0.25) is 0 Å². The van der Waals surface area contributed by atoms with Crippen molar-refractivity contribution in [3.63, 3.8) is 0 Å². The molecule has 0 aromatic rings. The van der Waals surface area contributed by atoms with E-state index in [1.165, 1.54) is 5.57 Å². The maximum absolute atomic E-state index is 11.4. The van der Waals surface area contributed by atoms with Gasteiger partial charge < -0.3 is 0 Å². The van der Waals surface area contributed by atoms with Crippen LogP contribution in [0.15, 0.2) is 35.5 Å². The third-order valence-electron chi connectivity index (χ3n) is 2.16. The normalized spacial score (nSPS) is 11.1. The maximum Gasteiger partial charge on any atom is 0.183 e. The second-order valence-corrected chi connectivity index (χ2v) is 4.21. The monoisotopic (exact) mass is 206 g/mol. The van der Waals surface area contributed by atoms with Gasteiger partial charge in [-0.3, -0.25) is 4.79 Å². The molecule has 0 aliphatic heterocycles.